The number of rotatable bonds is 0. The zero-order valence-corrected chi connectivity index (χ0v) is 8.44. The number of nitrogens with zero attached hydrogens (tertiary/aromatic N) is 1. The van der Waals surface area contributed by atoms with Gasteiger partial charge in [-0.05, 0) is 34.4 Å². The van der Waals surface area contributed by atoms with E-state index >= 15 is 0 Å². The van der Waals surface area contributed by atoms with E-state index in [1.165, 1.54) is 13.9 Å². The fourth-order valence-corrected chi connectivity index (χ4v) is 3.68. The largest absolute Gasteiger partial charge is 0.196 e. The van der Waals surface area contributed by atoms with Crippen LogP contribution >= 0.6 is 38.8 Å². The molecule has 2 heterocycles. The molecule has 0 aromatic carbocycles. The first kappa shape index (κ1) is 6.76. The molecule has 0 saturated carbocycles. The Hall–Kier alpha value is 0.0700. The Morgan fingerprint density at radius 1 is 1.60 bits per heavy atom. The highest BCUT2D eigenvalue weighted by molar-refractivity contribution is 9.10. The van der Waals surface area contributed by atoms with Crippen LogP contribution in [0.25, 0.3) is 9.40 Å². The molecule has 52 valence electrons. The minimum atomic E-state index is 1.13. The van der Waals surface area contributed by atoms with E-state index in [9.17, 15) is 0 Å². The van der Waals surface area contributed by atoms with Gasteiger partial charge in [-0.15, -0.1) is 11.3 Å². The van der Waals surface area contributed by atoms with Crippen molar-refractivity contribution in [1.29, 1.82) is 0 Å². The monoisotopic (exact) mass is 233 g/mol. The van der Waals surface area contributed by atoms with E-state index in [2.05, 4.69) is 25.7 Å². The first-order chi connectivity index (χ1) is 4.79. The van der Waals surface area contributed by atoms with Gasteiger partial charge in [-0.3, -0.25) is 0 Å². The second kappa shape index (κ2) is 2.29. The van der Waals surface area contributed by atoms with Crippen molar-refractivity contribution in [2.75, 3.05) is 0 Å². The summed E-state index contributed by atoms with van der Waals surface area (Å²) in [6.07, 6.45) is 0. The second-order valence-electron chi connectivity index (χ2n) is 2.01. The van der Waals surface area contributed by atoms with Crippen LogP contribution in [0.5, 0.6) is 0 Å². The van der Waals surface area contributed by atoms with Crippen molar-refractivity contribution < 1.29 is 0 Å². The summed E-state index contributed by atoms with van der Waals surface area (Å²) in [6.45, 7) is 2.04. The van der Waals surface area contributed by atoms with Gasteiger partial charge >= 0.3 is 0 Å². The lowest BCUT2D eigenvalue weighted by atomic mass is 10.3. The molecule has 2 aromatic rings. The van der Waals surface area contributed by atoms with Gasteiger partial charge in [0.25, 0.3) is 0 Å². The summed E-state index contributed by atoms with van der Waals surface area (Å²) in [7, 11) is 0. The SMILES string of the molecule is Cc1nsc2scc(Br)c12. The second-order valence-corrected chi connectivity index (χ2v) is 4.78. The van der Waals surface area contributed by atoms with E-state index in [0.717, 1.165) is 5.69 Å². The summed E-state index contributed by atoms with van der Waals surface area (Å²) < 4.78 is 6.73. The highest BCUT2D eigenvalue weighted by Gasteiger charge is 2.06. The van der Waals surface area contributed by atoms with Gasteiger partial charge in [0.1, 0.15) is 4.01 Å². The first-order valence-electron chi connectivity index (χ1n) is 2.78. The topological polar surface area (TPSA) is 12.9 Å². The van der Waals surface area contributed by atoms with Gasteiger partial charge in [-0.2, -0.15) is 4.37 Å². The van der Waals surface area contributed by atoms with Gasteiger partial charge < -0.3 is 0 Å². The molecule has 1 nitrogen and oxygen atoms in total. The maximum Gasteiger partial charge on any atom is 0.109 e. The van der Waals surface area contributed by atoms with Gasteiger partial charge in [-0.25, -0.2) is 0 Å². The Morgan fingerprint density at radius 3 is 3.10 bits per heavy atom. The number of halogens is 1. The van der Waals surface area contributed by atoms with Crippen LogP contribution in [0.1, 0.15) is 5.69 Å². The van der Waals surface area contributed by atoms with Crippen molar-refractivity contribution in [3.63, 3.8) is 0 Å². The summed E-state index contributed by atoms with van der Waals surface area (Å²) >= 11 is 6.79. The van der Waals surface area contributed by atoms with Gasteiger partial charge in [0.2, 0.25) is 0 Å². The number of aromatic nitrogens is 1. The lowest BCUT2D eigenvalue weighted by molar-refractivity contribution is 1.37. The van der Waals surface area contributed by atoms with Gasteiger partial charge in [0, 0.05) is 15.2 Å². The maximum absolute atomic E-state index is 4.24. The van der Waals surface area contributed by atoms with Crippen LogP contribution in [0, 0.1) is 6.92 Å². The molecule has 0 spiro atoms. The molecule has 0 atom stereocenters. The molecule has 0 aliphatic heterocycles. The normalized spacial score (nSPS) is 11.0. The zero-order valence-electron chi connectivity index (χ0n) is 5.22. The molecule has 0 amide bonds. The van der Waals surface area contributed by atoms with E-state index in [4.69, 9.17) is 0 Å². The lowest BCUT2D eigenvalue weighted by Crippen LogP contribution is -1.65. The molecule has 0 saturated heterocycles. The van der Waals surface area contributed by atoms with Crippen molar-refractivity contribution in [3.05, 3.63) is 15.5 Å². The fourth-order valence-electron chi connectivity index (χ4n) is 0.864. The highest BCUT2D eigenvalue weighted by atomic mass is 79.9. The van der Waals surface area contributed by atoms with Crippen molar-refractivity contribution in [3.8, 4) is 0 Å². The Labute approximate surface area is 75.0 Å². The molecule has 0 radical (unpaired) electrons. The van der Waals surface area contributed by atoms with Gasteiger partial charge in [-0.1, -0.05) is 0 Å². The van der Waals surface area contributed by atoms with Crippen LogP contribution in [0.2, 0.25) is 0 Å². The standard InChI is InChI=1S/C6H4BrNS2/c1-3-5-4(7)2-9-6(5)10-8-3/h2H,1H3. The predicted molar refractivity (Wildman–Crippen MR) is 49.9 cm³/mol. The average Bonchev–Trinajstić information content (AvgIpc) is 2.40. The lowest BCUT2D eigenvalue weighted by Gasteiger charge is -1.80. The number of aryl methyl sites for hydroxylation is 1. The third-order valence-corrected chi connectivity index (χ3v) is 4.29. The molecule has 2 rings (SSSR count). The maximum atomic E-state index is 4.24. The summed E-state index contributed by atoms with van der Waals surface area (Å²) in [5.41, 5.74) is 1.13. The number of thiophene rings is 1. The molecule has 0 bridgehead atoms. The molecule has 0 aliphatic carbocycles. The first-order valence-corrected chi connectivity index (χ1v) is 5.22. The van der Waals surface area contributed by atoms with Crippen LogP contribution in [0.3, 0.4) is 0 Å². The van der Waals surface area contributed by atoms with Crippen LogP contribution < -0.4 is 0 Å². The predicted octanol–water partition coefficient (Wildman–Crippen LogP) is 3.43. The number of hydrogen-bond acceptors (Lipinski definition) is 3. The third-order valence-electron chi connectivity index (χ3n) is 1.34. The van der Waals surface area contributed by atoms with Crippen LogP contribution in [-0.2, 0) is 0 Å². The third kappa shape index (κ3) is 0.828. The molecule has 0 aliphatic rings. The Balaban J connectivity index is 2.98. The Morgan fingerprint density at radius 2 is 2.40 bits per heavy atom. The summed E-state index contributed by atoms with van der Waals surface area (Å²) in [5, 5.41) is 3.39. The van der Waals surface area contributed by atoms with Crippen molar-refractivity contribution in [2.45, 2.75) is 6.92 Å². The van der Waals surface area contributed by atoms with Crippen LogP contribution in [0.15, 0.2) is 9.85 Å². The molecule has 0 N–H and O–H groups in total. The number of hydrogen-bond donors (Lipinski definition) is 0. The smallest absolute Gasteiger partial charge is 0.109 e. The van der Waals surface area contributed by atoms with Gasteiger partial charge in [0.05, 0.1) is 5.69 Å². The molecule has 4 heteroatoms. The Bertz CT molecular complexity index is 331. The highest BCUT2D eigenvalue weighted by Crippen LogP contribution is 2.34. The zero-order chi connectivity index (χ0) is 7.14. The van der Waals surface area contributed by atoms with Crippen LogP contribution in [-0.4, -0.2) is 4.37 Å². The van der Waals surface area contributed by atoms with Crippen molar-refractivity contribution in [1.82, 2.24) is 4.37 Å². The minimum absolute atomic E-state index is 1.13. The summed E-state index contributed by atoms with van der Waals surface area (Å²) in [4.78, 5) is 0. The van der Waals surface area contributed by atoms with E-state index < -0.39 is 0 Å². The molecular weight excluding hydrogens is 230 g/mol. The van der Waals surface area contributed by atoms with E-state index in [1.807, 2.05) is 6.92 Å². The van der Waals surface area contributed by atoms with Crippen LogP contribution in [0.4, 0.5) is 0 Å². The van der Waals surface area contributed by atoms with Crippen molar-refractivity contribution in [2.24, 2.45) is 0 Å². The molecular formula is C6H4BrNS2. The summed E-state index contributed by atoms with van der Waals surface area (Å²) in [6, 6.07) is 0. The fraction of sp³-hybridized carbons (Fsp3) is 0.167. The minimum Gasteiger partial charge on any atom is -0.196 e. The van der Waals surface area contributed by atoms with E-state index in [0.29, 0.717) is 0 Å². The van der Waals surface area contributed by atoms with Gasteiger partial charge in [0.15, 0.2) is 0 Å². The number of fused-ring (bicyclic) bond motifs is 1. The molecule has 0 unspecified atom stereocenters. The summed E-state index contributed by atoms with van der Waals surface area (Å²) in [5.74, 6) is 0. The Kier molecular flexibility index (Phi) is 1.55. The van der Waals surface area contributed by atoms with E-state index in [-0.39, 0.29) is 0 Å². The van der Waals surface area contributed by atoms with Crippen molar-refractivity contribution >= 4 is 48.2 Å². The molecule has 0 fully saturated rings. The quantitative estimate of drug-likeness (QED) is 0.680. The molecule has 10 heavy (non-hydrogen) atoms. The molecule has 2 aromatic heterocycles. The van der Waals surface area contributed by atoms with E-state index in [1.54, 1.807) is 22.9 Å². The average molecular weight is 234 g/mol.